The third kappa shape index (κ3) is 3.46. The molecule has 0 spiro atoms. The van der Waals surface area contributed by atoms with Crippen LogP contribution in [0, 0.1) is 0 Å². The van der Waals surface area contributed by atoms with E-state index >= 15 is 0 Å². The first-order valence-electron chi connectivity index (χ1n) is 5.98. The molecule has 0 amide bonds. The summed E-state index contributed by atoms with van der Waals surface area (Å²) in [6, 6.07) is 15.5. The van der Waals surface area contributed by atoms with Crippen molar-refractivity contribution in [2.45, 2.75) is 12.7 Å². The normalized spacial score (nSPS) is 11.9. The number of rotatable bonds is 5. The average Bonchev–Trinajstić information content (AvgIpc) is 2.46. The molecule has 0 heterocycles. The van der Waals surface area contributed by atoms with Gasteiger partial charge in [0, 0.05) is 5.56 Å². The Morgan fingerprint density at radius 3 is 2.58 bits per heavy atom. The summed E-state index contributed by atoms with van der Waals surface area (Å²) in [5, 5.41) is 9.91. The van der Waals surface area contributed by atoms with Crippen LogP contribution in [0.3, 0.4) is 0 Å². The van der Waals surface area contributed by atoms with Gasteiger partial charge < -0.3 is 9.84 Å². The Morgan fingerprint density at radius 2 is 1.89 bits per heavy atom. The molecular formula is C16H15BrO2. The predicted molar refractivity (Wildman–Crippen MR) is 80.1 cm³/mol. The number of aliphatic hydroxyl groups excluding tert-OH is 1. The predicted octanol–water partition coefficient (Wildman–Crippen LogP) is 4.25. The lowest BCUT2D eigenvalue weighted by molar-refractivity contribution is 0.216. The van der Waals surface area contributed by atoms with Gasteiger partial charge in [0.1, 0.15) is 18.5 Å². The van der Waals surface area contributed by atoms with Crippen molar-refractivity contribution in [3.63, 3.8) is 0 Å². The second-order valence-corrected chi connectivity index (χ2v) is 4.97. The lowest BCUT2D eigenvalue weighted by atomic mass is 10.1. The number of ether oxygens (including phenoxy) is 1. The summed E-state index contributed by atoms with van der Waals surface area (Å²) in [4.78, 5) is 0. The Balaban J connectivity index is 2.22. The van der Waals surface area contributed by atoms with Gasteiger partial charge in [-0.25, -0.2) is 0 Å². The van der Waals surface area contributed by atoms with Crippen LogP contribution in [0.1, 0.15) is 17.2 Å². The van der Waals surface area contributed by atoms with Crippen LogP contribution in [0.2, 0.25) is 0 Å². The molecule has 2 rings (SSSR count). The molecule has 2 nitrogen and oxygen atoms in total. The lowest BCUT2D eigenvalue weighted by Crippen LogP contribution is -2.02. The van der Waals surface area contributed by atoms with Crippen molar-refractivity contribution in [2.75, 3.05) is 0 Å². The standard InChI is InChI=1S/C16H15BrO2/c1-2-15(18)13-9-6-10-14(17)16(13)19-11-12-7-4-3-5-8-12/h2-10,15,18H,1,11H2. The third-order valence-corrected chi connectivity index (χ3v) is 3.39. The van der Waals surface area contributed by atoms with Crippen LogP contribution >= 0.6 is 15.9 Å². The maximum absolute atomic E-state index is 9.91. The van der Waals surface area contributed by atoms with Gasteiger partial charge in [-0.05, 0) is 27.6 Å². The van der Waals surface area contributed by atoms with E-state index in [0.29, 0.717) is 17.9 Å². The molecule has 0 radical (unpaired) electrons. The van der Waals surface area contributed by atoms with Crippen molar-refractivity contribution in [3.05, 3.63) is 76.8 Å². The van der Waals surface area contributed by atoms with Crippen LogP contribution in [0.15, 0.2) is 65.7 Å². The number of para-hydroxylation sites is 1. The first-order chi connectivity index (χ1) is 9.22. The van der Waals surface area contributed by atoms with E-state index < -0.39 is 6.10 Å². The molecule has 2 aromatic rings. The molecular weight excluding hydrogens is 304 g/mol. The topological polar surface area (TPSA) is 29.5 Å². The lowest BCUT2D eigenvalue weighted by Gasteiger charge is -2.15. The van der Waals surface area contributed by atoms with Gasteiger partial charge in [0.2, 0.25) is 0 Å². The van der Waals surface area contributed by atoms with Crippen LogP contribution in [-0.2, 0) is 6.61 Å². The van der Waals surface area contributed by atoms with Gasteiger partial charge >= 0.3 is 0 Å². The number of benzene rings is 2. The first-order valence-corrected chi connectivity index (χ1v) is 6.77. The van der Waals surface area contributed by atoms with Gasteiger partial charge in [0.15, 0.2) is 0 Å². The molecule has 3 heteroatoms. The number of hydrogen-bond donors (Lipinski definition) is 1. The van der Waals surface area contributed by atoms with E-state index in [2.05, 4.69) is 22.5 Å². The fraction of sp³-hybridized carbons (Fsp3) is 0.125. The molecule has 2 aromatic carbocycles. The van der Waals surface area contributed by atoms with E-state index in [0.717, 1.165) is 10.0 Å². The number of aliphatic hydroxyl groups is 1. The number of halogens is 1. The van der Waals surface area contributed by atoms with Crippen LogP contribution in [-0.4, -0.2) is 5.11 Å². The second-order valence-electron chi connectivity index (χ2n) is 4.11. The monoisotopic (exact) mass is 318 g/mol. The summed E-state index contributed by atoms with van der Waals surface area (Å²) < 4.78 is 6.64. The molecule has 19 heavy (non-hydrogen) atoms. The molecule has 1 unspecified atom stereocenters. The minimum atomic E-state index is -0.733. The van der Waals surface area contributed by atoms with E-state index in [1.807, 2.05) is 48.5 Å². The van der Waals surface area contributed by atoms with E-state index in [1.54, 1.807) is 0 Å². The maximum atomic E-state index is 9.91. The molecule has 0 aliphatic heterocycles. The number of hydrogen-bond acceptors (Lipinski definition) is 2. The Hall–Kier alpha value is -1.58. The Bertz CT molecular complexity index is 552. The van der Waals surface area contributed by atoms with Gasteiger partial charge in [-0.1, -0.05) is 48.5 Å². The van der Waals surface area contributed by atoms with Crippen LogP contribution in [0.4, 0.5) is 0 Å². The van der Waals surface area contributed by atoms with Gasteiger partial charge in [0.05, 0.1) is 4.47 Å². The largest absolute Gasteiger partial charge is 0.487 e. The zero-order valence-corrected chi connectivity index (χ0v) is 12.0. The Kier molecular flexibility index (Phi) is 4.77. The van der Waals surface area contributed by atoms with E-state index in [1.165, 1.54) is 6.08 Å². The van der Waals surface area contributed by atoms with Crippen molar-refractivity contribution >= 4 is 15.9 Å². The summed E-state index contributed by atoms with van der Waals surface area (Å²) in [6.07, 6.45) is 0.750. The molecule has 0 saturated heterocycles. The Morgan fingerprint density at radius 1 is 1.16 bits per heavy atom. The third-order valence-electron chi connectivity index (χ3n) is 2.77. The van der Waals surface area contributed by atoms with E-state index in [-0.39, 0.29) is 0 Å². The van der Waals surface area contributed by atoms with Crippen molar-refractivity contribution in [2.24, 2.45) is 0 Å². The summed E-state index contributed by atoms with van der Waals surface area (Å²) in [5.74, 6) is 0.652. The molecule has 98 valence electrons. The van der Waals surface area contributed by atoms with Crippen LogP contribution in [0.25, 0.3) is 0 Å². The average molecular weight is 319 g/mol. The molecule has 0 aliphatic carbocycles. The molecule has 0 bridgehead atoms. The maximum Gasteiger partial charge on any atom is 0.140 e. The molecule has 1 N–H and O–H groups in total. The van der Waals surface area contributed by atoms with Gasteiger partial charge in [-0.3, -0.25) is 0 Å². The summed E-state index contributed by atoms with van der Waals surface area (Å²) in [5.41, 5.74) is 1.79. The highest BCUT2D eigenvalue weighted by atomic mass is 79.9. The smallest absolute Gasteiger partial charge is 0.140 e. The minimum Gasteiger partial charge on any atom is -0.487 e. The van der Waals surface area contributed by atoms with Gasteiger partial charge in [-0.2, -0.15) is 0 Å². The van der Waals surface area contributed by atoms with Crippen molar-refractivity contribution in [1.29, 1.82) is 0 Å². The zero-order chi connectivity index (χ0) is 13.7. The summed E-state index contributed by atoms with van der Waals surface area (Å²) in [7, 11) is 0. The van der Waals surface area contributed by atoms with E-state index in [9.17, 15) is 5.11 Å². The second kappa shape index (κ2) is 6.55. The van der Waals surface area contributed by atoms with Crippen molar-refractivity contribution in [1.82, 2.24) is 0 Å². The quantitative estimate of drug-likeness (QED) is 0.835. The zero-order valence-electron chi connectivity index (χ0n) is 10.4. The van der Waals surface area contributed by atoms with Crippen molar-refractivity contribution in [3.8, 4) is 5.75 Å². The fourth-order valence-electron chi connectivity index (χ4n) is 1.77. The molecule has 0 fully saturated rings. The van der Waals surface area contributed by atoms with Crippen LogP contribution < -0.4 is 4.74 Å². The van der Waals surface area contributed by atoms with E-state index in [4.69, 9.17) is 4.74 Å². The summed E-state index contributed by atoms with van der Waals surface area (Å²) >= 11 is 3.45. The highest BCUT2D eigenvalue weighted by Gasteiger charge is 2.13. The molecule has 1 atom stereocenters. The highest BCUT2D eigenvalue weighted by molar-refractivity contribution is 9.10. The Labute approximate surface area is 121 Å². The van der Waals surface area contributed by atoms with Gasteiger partial charge in [0.25, 0.3) is 0 Å². The molecule has 0 saturated carbocycles. The SMILES string of the molecule is C=CC(O)c1cccc(Br)c1OCc1ccccc1. The summed E-state index contributed by atoms with van der Waals surface area (Å²) in [6.45, 7) is 4.06. The fourth-order valence-corrected chi connectivity index (χ4v) is 2.26. The highest BCUT2D eigenvalue weighted by Crippen LogP contribution is 2.34. The minimum absolute atomic E-state index is 0.459. The van der Waals surface area contributed by atoms with Crippen molar-refractivity contribution < 1.29 is 9.84 Å². The van der Waals surface area contributed by atoms with Gasteiger partial charge in [-0.15, -0.1) is 6.58 Å². The molecule has 0 aliphatic rings. The van der Waals surface area contributed by atoms with Crippen LogP contribution in [0.5, 0.6) is 5.75 Å². The molecule has 0 aromatic heterocycles. The first kappa shape index (κ1) is 13.8.